The van der Waals surface area contributed by atoms with Crippen LogP contribution in [0.1, 0.15) is 6.42 Å². The van der Waals surface area contributed by atoms with E-state index in [0.717, 1.165) is 6.42 Å². The molecule has 2 N–H and O–H groups in total. The molecule has 3 nitrogen and oxygen atoms in total. The minimum absolute atomic E-state index is 0.177. The lowest BCUT2D eigenvalue weighted by molar-refractivity contribution is -0.0205. The van der Waals surface area contributed by atoms with Crippen molar-refractivity contribution < 1.29 is 14.9 Å². The Bertz CT molecular complexity index is 84.9. The zero-order valence-electron chi connectivity index (χ0n) is 5.99. The predicted molar refractivity (Wildman–Crippen MR) is 36.6 cm³/mol. The van der Waals surface area contributed by atoms with Gasteiger partial charge in [-0.25, -0.2) is 0 Å². The van der Waals surface area contributed by atoms with Crippen LogP contribution in [-0.2, 0) is 4.74 Å². The molecule has 1 rings (SSSR count). The van der Waals surface area contributed by atoms with Crippen molar-refractivity contribution in [2.24, 2.45) is 11.8 Å². The van der Waals surface area contributed by atoms with Crippen LogP contribution in [0, 0.1) is 11.8 Å². The van der Waals surface area contributed by atoms with Gasteiger partial charge in [0.1, 0.15) is 0 Å². The smallest absolute Gasteiger partial charge is 0.0516 e. The van der Waals surface area contributed by atoms with Gasteiger partial charge in [0.2, 0.25) is 0 Å². The minimum Gasteiger partial charge on any atom is -0.396 e. The number of ether oxygens (including phenoxy) is 1. The zero-order valence-corrected chi connectivity index (χ0v) is 5.99. The Morgan fingerprint density at radius 3 is 2.00 bits per heavy atom. The van der Waals surface area contributed by atoms with Gasteiger partial charge in [-0.2, -0.15) is 0 Å². The van der Waals surface area contributed by atoms with Gasteiger partial charge in [-0.15, -0.1) is 0 Å². The molecule has 0 saturated carbocycles. The van der Waals surface area contributed by atoms with E-state index in [4.69, 9.17) is 14.9 Å². The Labute approximate surface area is 60.6 Å². The summed E-state index contributed by atoms with van der Waals surface area (Å²) in [6.45, 7) is 1.65. The molecule has 60 valence electrons. The van der Waals surface area contributed by atoms with Crippen LogP contribution in [0.2, 0.25) is 0 Å². The van der Waals surface area contributed by atoms with Crippen LogP contribution in [0.5, 0.6) is 0 Å². The lowest BCUT2D eigenvalue weighted by Crippen LogP contribution is -2.29. The quantitative estimate of drug-likeness (QED) is 0.558. The molecule has 10 heavy (non-hydrogen) atoms. The van der Waals surface area contributed by atoms with Gasteiger partial charge in [-0.05, 0) is 6.42 Å². The van der Waals surface area contributed by atoms with Gasteiger partial charge in [-0.1, -0.05) is 0 Å². The maximum absolute atomic E-state index is 8.74. The average molecular weight is 146 g/mol. The molecule has 0 bridgehead atoms. The molecule has 1 aliphatic heterocycles. The highest BCUT2D eigenvalue weighted by Crippen LogP contribution is 2.18. The van der Waals surface area contributed by atoms with E-state index >= 15 is 0 Å². The first-order chi connectivity index (χ1) is 4.86. The van der Waals surface area contributed by atoms with Crippen LogP contribution < -0.4 is 0 Å². The van der Waals surface area contributed by atoms with Crippen molar-refractivity contribution in [3.05, 3.63) is 0 Å². The van der Waals surface area contributed by atoms with E-state index in [-0.39, 0.29) is 25.0 Å². The summed E-state index contributed by atoms with van der Waals surface area (Å²) in [5.41, 5.74) is 0. The minimum atomic E-state index is 0.177. The Morgan fingerprint density at radius 1 is 1.10 bits per heavy atom. The summed E-state index contributed by atoms with van der Waals surface area (Å²) in [5.74, 6) is 0.483. The Balaban J connectivity index is 2.25. The molecule has 1 saturated heterocycles. The molecular weight excluding hydrogens is 132 g/mol. The zero-order chi connectivity index (χ0) is 7.40. The van der Waals surface area contributed by atoms with Crippen LogP contribution in [0.3, 0.4) is 0 Å². The summed E-state index contributed by atoms with van der Waals surface area (Å²) in [6.07, 6.45) is 0.896. The van der Waals surface area contributed by atoms with Crippen molar-refractivity contribution in [1.82, 2.24) is 0 Å². The molecule has 0 aromatic heterocycles. The molecule has 0 radical (unpaired) electrons. The Hall–Kier alpha value is -0.120. The number of hydrogen-bond acceptors (Lipinski definition) is 3. The Kier molecular flexibility index (Phi) is 3.12. The molecule has 1 aliphatic rings. The van der Waals surface area contributed by atoms with Crippen molar-refractivity contribution in [2.75, 3.05) is 26.4 Å². The summed E-state index contributed by atoms with van der Waals surface area (Å²) < 4.78 is 5.16. The first kappa shape index (κ1) is 7.98. The molecule has 2 atom stereocenters. The van der Waals surface area contributed by atoms with Gasteiger partial charge in [0.15, 0.2) is 0 Å². The van der Waals surface area contributed by atoms with E-state index in [0.29, 0.717) is 13.2 Å². The second-order valence-electron chi connectivity index (χ2n) is 2.87. The standard InChI is InChI=1S/C7H14O3/c8-2-6-1-7(3-9)5-10-4-6/h6-9H,1-5H2. The fraction of sp³-hybridized carbons (Fsp3) is 1.00. The number of rotatable bonds is 2. The summed E-state index contributed by atoms with van der Waals surface area (Å²) in [6, 6.07) is 0. The maximum Gasteiger partial charge on any atom is 0.0516 e. The number of aliphatic hydroxyl groups excluding tert-OH is 2. The maximum atomic E-state index is 8.74. The van der Waals surface area contributed by atoms with Crippen LogP contribution in [0.15, 0.2) is 0 Å². The van der Waals surface area contributed by atoms with Gasteiger partial charge in [0, 0.05) is 25.0 Å². The van der Waals surface area contributed by atoms with Crippen molar-refractivity contribution in [1.29, 1.82) is 0 Å². The highest BCUT2D eigenvalue weighted by molar-refractivity contribution is 4.69. The van der Waals surface area contributed by atoms with Crippen LogP contribution >= 0.6 is 0 Å². The molecule has 1 heterocycles. The van der Waals surface area contributed by atoms with Crippen LogP contribution in [-0.4, -0.2) is 36.6 Å². The number of aliphatic hydroxyl groups is 2. The molecular formula is C7H14O3. The fourth-order valence-corrected chi connectivity index (χ4v) is 1.26. The molecule has 0 aliphatic carbocycles. The van der Waals surface area contributed by atoms with E-state index < -0.39 is 0 Å². The van der Waals surface area contributed by atoms with Crippen LogP contribution in [0.25, 0.3) is 0 Å². The third kappa shape index (κ3) is 1.94. The highest BCUT2D eigenvalue weighted by atomic mass is 16.5. The topological polar surface area (TPSA) is 49.7 Å². The van der Waals surface area contributed by atoms with Crippen molar-refractivity contribution >= 4 is 0 Å². The first-order valence-electron chi connectivity index (χ1n) is 3.66. The van der Waals surface area contributed by atoms with E-state index in [1.165, 1.54) is 0 Å². The SMILES string of the molecule is OCC1COCC(CO)C1. The molecule has 0 aromatic rings. The monoisotopic (exact) mass is 146 g/mol. The highest BCUT2D eigenvalue weighted by Gasteiger charge is 2.20. The van der Waals surface area contributed by atoms with Gasteiger partial charge < -0.3 is 14.9 Å². The third-order valence-corrected chi connectivity index (χ3v) is 1.89. The lowest BCUT2D eigenvalue weighted by Gasteiger charge is -2.26. The first-order valence-corrected chi connectivity index (χ1v) is 3.66. The number of hydrogen-bond donors (Lipinski definition) is 2. The van der Waals surface area contributed by atoms with Gasteiger partial charge in [0.05, 0.1) is 13.2 Å². The summed E-state index contributed by atoms with van der Waals surface area (Å²) in [5, 5.41) is 17.5. The fourth-order valence-electron chi connectivity index (χ4n) is 1.26. The van der Waals surface area contributed by atoms with E-state index in [1.807, 2.05) is 0 Å². The van der Waals surface area contributed by atoms with Crippen molar-refractivity contribution in [2.45, 2.75) is 6.42 Å². The van der Waals surface area contributed by atoms with Gasteiger partial charge in [-0.3, -0.25) is 0 Å². The van der Waals surface area contributed by atoms with E-state index in [1.54, 1.807) is 0 Å². The van der Waals surface area contributed by atoms with Crippen molar-refractivity contribution in [3.63, 3.8) is 0 Å². The molecule has 3 heteroatoms. The van der Waals surface area contributed by atoms with E-state index in [2.05, 4.69) is 0 Å². The Morgan fingerprint density at radius 2 is 1.60 bits per heavy atom. The predicted octanol–water partition coefficient (Wildman–Crippen LogP) is -0.376. The summed E-state index contributed by atoms with van der Waals surface area (Å²) in [4.78, 5) is 0. The average Bonchev–Trinajstić information content (AvgIpc) is 2.05. The van der Waals surface area contributed by atoms with Crippen LogP contribution in [0.4, 0.5) is 0 Å². The van der Waals surface area contributed by atoms with Gasteiger partial charge in [0.25, 0.3) is 0 Å². The molecule has 0 amide bonds. The lowest BCUT2D eigenvalue weighted by atomic mass is 9.94. The molecule has 0 spiro atoms. The largest absolute Gasteiger partial charge is 0.396 e. The summed E-state index contributed by atoms with van der Waals surface area (Å²) >= 11 is 0. The molecule has 1 fully saturated rings. The van der Waals surface area contributed by atoms with Crippen molar-refractivity contribution in [3.8, 4) is 0 Å². The third-order valence-electron chi connectivity index (χ3n) is 1.89. The molecule has 2 unspecified atom stereocenters. The molecule has 0 aromatic carbocycles. The van der Waals surface area contributed by atoms with E-state index in [9.17, 15) is 0 Å². The normalized spacial score (nSPS) is 34.2. The summed E-state index contributed by atoms with van der Waals surface area (Å²) in [7, 11) is 0. The van der Waals surface area contributed by atoms with Gasteiger partial charge >= 0.3 is 0 Å². The second-order valence-corrected chi connectivity index (χ2v) is 2.87. The second kappa shape index (κ2) is 3.91.